The Morgan fingerprint density at radius 1 is 0.909 bits per heavy atom. The SMILES string of the molecule is O=C(O)C(F)(F)F.O=C(O)C(F)(F)F.c1ccc(CNc2ccc3nc(C4CCCN(Cc5cccnc5)C4)nn3c2)cc1. The van der Waals surface area contributed by atoms with Crippen molar-refractivity contribution in [3.8, 4) is 0 Å². The van der Waals surface area contributed by atoms with E-state index in [2.05, 4.69) is 51.6 Å². The molecule has 0 spiro atoms. The van der Waals surface area contributed by atoms with E-state index >= 15 is 0 Å². The molecule has 1 fully saturated rings. The van der Waals surface area contributed by atoms with E-state index in [0.717, 1.165) is 49.8 Å². The Morgan fingerprint density at radius 3 is 2.14 bits per heavy atom. The molecule has 1 atom stereocenters. The van der Waals surface area contributed by atoms with E-state index in [1.165, 1.54) is 17.5 Å². The van der Waals surface area contributed by atoms with E-state index in [1.807, 2.05) is 41.3 Å². The molecule has 44 heavy (non-hydrogen) atoms. The number of carboxylic acids is 2. The number of pyridine rings is 2. The van der Waals surface area contributed by atoms with Gasteiger partial charge in [-0.2, -0.15) is 31.4 Å². The van der Waals surface area contributed by atoms with Crippen molar-refractivity contribution in [1.82, 2.24) is 24.5 Å². The number of hydrogen-bond acceptors (Lipinski definition) is 7. The molecule has 3 N–H and O–H groups in total. The summed E-state index contributed by atoms with van der Waals surface area (Å²) in [7, 11) is 0. The zero-order chi connectivity index (χ0) is 32.3. The number of nitrogens with one attached hydrogen (secondary N) is 1. The molecule has 0 saturated carbocycles. The number of benzene rings is 1. The third kappa shape index (κ3) is 10.8. The van der Waals surface area contributed by atoms with E-state index in [-0.39, 0.29) is 0 Å². The molecule has 1 unspecified atom stereocenters. The van der Waals surface area contributed by atoms with Crippen LogP contribution >= 0.6 is 0 Å². The summed E-state index contributed by atoms with van der Waals surface area (Å²) >= 11 is 0. The molecule has 0 bridgehead atoms. The van der Waals surface area contributed by atoms with Crippen LogP contribution in [0.1, 0.15) is 35.7 Å². The predicted molar refractivity (Wildman–Crippen MR) is 146 cm³/mol. The van der Waals surface area contributed by atoms with Gasteiger partial charge in [0.05, 0.1) is 11.9 Å². The van der Waals surface area contributed by atoms with Gasteiger partial charge in [0, 0.05) is 37.9 Å². The molecule has 1 aromatic carbocycles. The largest absolute Gasteiger partial charge is 0.490 e. The molecule has 0 aliphatic carbocycles. The fourth-order valence-corrected chi connectivity index (χ4v) is 4.14. The average molecular weight is 627 g/mol. The topological polar surface area (TPSA) is 133 Å². The van der Waals surface area contributed by atoms with Gasteiger partial charge in [-0.15, -0.1) is 0 Å². The van der Waals surface area contributed by atoms with Crippen molar-refractivity contribution in [2.45, 2.75) is 44.2 Å². The molecule has 16 heteroatoms. The van der Waals surface area contributed by atoms with Gasteiger partial charge in [0.1, 0.15) is 0 Å². The number of halogens is 6. The second-order valence-corrected chi connectivity index (χ2v) is 9.57. The van der Waals surface area contributed by atoms with Crippen LogP contribution in [0.25, 0.3) is 5.65 Å². The van der Waals surface area contributed by atoms with Crippen LogP contribution in [0.2, 0.25) is 0 Å². The first-order valence-corrected chi connectivity index (χ1v) is 13.1. The molecule has 1 aliphatic heterocycles. The van der Waals surface area contributed by atoms with E-state index in [0.29, 0.717) is 5.92 Å². The first kappa shape index (κ1) is 33.8. The van der Waals surface area contributed by atoms with Crippen molar-refractivity contribution in [3.05, 3.63) is 90.1 Å². The van der Waals surface area contributed by atoms with E-state index < -0.39 is 24.3 Å². The number of anilines is 1. The van der Waals surface area contributed by atoms with Crippen molar-refractivity contribution in [1.29, 1.82) is 0 Å². The lowest BCUT2D eigenvalue weighted by molar-refractivity contribution is -0.193. The van der Waals surface area contributed by atoms with Crippen LogP contribution in [0, 0.1) is 0 Å². The number of aromatic nitrogens is 4. The number of piperidine rings is 1. The number of likely N-dealkylation sites (tertiary alicyclic amines) is 1. The summed E-state index contributed by atoms with van der Waals surface area (Å²) in [5.74, 6) is -4.19. The van der Waals surface area contributed by atoms with Crippen LogP contribution in [0.5, 0.6) is 0 Å². The van der Waals surface area contributed by atoms with Crippen LogP contribution in [0.4, 0.5) is 32.0 Å². The molecule has 5 rings (SSSR count). The summed E-state index contributed by atoms with van der Waals surface area (Å²) < 4.78 is 65.4. The van der Waals surface area contributed by atoms with Crippen LogP contribution in [-0.4, -0.2) is 72.1 Å². The van der Waals surface area contributed by atoms with Crippen molar-refractivity contribution in [2.75, 3.05) is 18.4 Å². The third-order valence-corrected chi connectivity index (χ3v) is 6.17. The highest BCUT2D eigenvalue weighted by atomic mass is 19.4. The summed E-state index contributed by atoms with van der Waals surface area (Å²) in [5, 5.41) is 22.5. The van der Waals surface area contributed by atoms with Crippen molar-refractivity contribution in [2.24, 2.45) is 0 Å². The Kier molecular flexibility index (Phi) is 11.6. The standard InChI is InChI=1S/C24H26N6.2C2HF3O2/c1-2-6-19(7-3-1)15-26-22-10-11-23-27-24(28-30(23)18-22)21-9-5-13-29(17-21)16-20-8-4-12-25-14-20;2*3-2(4,5)1(6)7/h1-4,6-8,10-12,14,18,21,26H,5,9,13,15-17H2;2*(H,6,7). The minimum atomic E-state index is -5.08. The minimum Gasteiger partial charge on any atom is -0.475 e. The lowest BCUT2D eigenvalue weighted by atomic mass is 9.97. The molecule has 0 amide bonds. The van der Waals surface area contributed by atoms with E-state index in [9.17, 15) is 26.3 Å². The lowest BCUT2D eigenvalue weighted by Crippen LogP contribution is -2.34. The molecule has 236 valence electrons. The molecular formula is C28H28F6N6O4. The zero-order valence-corrected chi connectivity index (χ0v) is 23.0. The first-order chi connectivity index (χ1) is 20.7. The summed E-state index contributed by atoms with van der Waals surface area (Å²) in [4.78, 5) is 29.3. The maximum Gasteiger partial charge on any atom is 0.490 e. The first-order valence-electron chi connectivity index (χ1n) is 13.1. The van der Waals surface area contributed by atoms with Gasteiger partial charge in [-0.05, 0) is 48.7 Å². The maximum absolute atomic E-state index is 10.6. The average Bonchev–Trinajstić information content (AvgIpc) is 3.41. The molecule has 4 aromatic rings. The molecule has 4 heterocycles. The second kappa shape index (κ2) is 15.1. The maximum atomic E-state index is 10.6. The fraction of sp³-hybridized carbons (Fsp3) is 0.321. The van der Waals surface area contributed by atoms with Crippen LogP contribution < -0.4 is 5.32 Å². The van der Waals surface area contributed by atoms with Gasteiger partial charge in [0.2, 0.25) is 0 Å². The Bertz CT molecular complexity index is 1480. The summed E-state index contributed by atoms with van der Waals surface area (Å²) in [5.41, 5.74) is 4.47. The predicted octanol–water partition coefficient (Wildman–Crippen LogP) is 5.38. The highest BCUT2D eigenvalue weighted by Gasteiger charge is 2.38. The van der Waals surface area contributed by atoms with Gasteiger partial charge in [-0.3, -0.25) is 9.88 Å². The third-order valence-electron chi connectivity index (χ3n) is 6.17. The van der Waals surface area contributed by atoms with Crippen LogP contribution in [-0.2, 0) is 22.7 Å². The van der Waals surface area contributed by atoms with Gasteiger partial charge in [0.25, 0.3) is 0 Å². The second-order valence-electron chi connectivity index (χ2n) is 9.57. The van der Waals surface area contributed by atoms with Gasteiger partial charge in [-0.25, -0.2) is 19.1 Å². The van der Waals surface area contributed by atoms with Gasteiger partial charge in [-0.1, -0.05) is 36.4 Å². The number of carboxylic acid groups (broad SMARTS) is 2. The summed E-state index contributed by atoms with van der Waals surface area (Å²) in [6.07, 6.45) is -2.04. The van der Waals surface area contributed by atoms with Crippen molar-refractivity contribution >= 4 is 23.3 Å². The highest BCUT2D eigenvalue weighted by molar-refractivity contribution is 5.73. The van der Waals surface area contributed by atoms with Crippen LogP contribution in [0.15, 0.2) is 73.2 Å². The number of hydrogen-bond donors (Lipinski definition) is 3. The highest BCUT2D eigenvalue weighted by Crippen LogP contribution is 2.26. The monoisotopic (exact) mass is 626 g/mol. The zero-order valence-electron chi connectivity index (χ0n) is 23.0. The van der Waals surface area contributed by atoms with Crippen LogP contribution in [0.3, 0.4) is 0 Å². The quantitative estimate of drug-likeness (QED) is 0.241. The minimum absolute atomic E-state index is 0.371. The number of alkyl halides is 6. The molecule has 1 saturated heterocycles. The molecule has 10 nitrogen and oxygen atoms in total. The molecule has 1 aliphatic rings. The van der Waals surface area contributed by atoms with Crippen molar-refractivity contribution in [3.63, 3.8) is 0 Å². The fourth-order valence-electron chi connectivity index (χ4n) is 4.14. The van der Waals surface area contributed by atoms with Gasteiger partial charge in [0.15, 0.2) is 11.5 Å². The Labute approximate surface area is 247 Å². The van der Waals surface area contributed by atoms with E-state index in [4.69, 9.17) is 29.9 Å². The summed E-state index contributed by atoms with van der Waals surface area (Å²) in [6.45, 7) is 3.84. The number of carbonyl (C=O) groups is 2. The Morgan fingerprint density at radius 2 is 1.55 bits per heavy atom. The van der Waals surface area contributed by atoms with E-state index in [1.54, 1.807) is 0 Å². The lowest BCUT2D eigenvalue weighted by Gasteiger charge is -2.31. The Hall–Kier alpha value is -4.73. The smallest absolute Gasteiger partial charge is 0.475 e. The Balaban J connectivity index is 0.000000317. The van der Waals surface area contributed by atoms with Crippen molar-refractivity contribution < 1.29 is 46.1 Å². The number of rotatable bonds is 6. The number of aliphatic carboxylic acids is 2. The number of nitrogens with zero attached hydrogens (tertiary/aromatic N) is 5. The normalized spacial score (nSPS) is 15.4. The molecule has 0 radical (unpaired) electrons. The molecular weight excluding hydrogens is 598 g/mol. The van der Waals surface area contributed by atoms with Gasteiger partial charge >= 0.3 is 24.3 Å². The summed E-state index contributed by atoms with van der Waals surface area (Å²) in [6, 6.07) is 18.7. The number of fused-ring (bicyclic) bond motifs is 1. The van der Waals surface area contributed by atoms with Gasteiger partial charge < -0.3 is 15.5 Å². The molecule has 3 aromatic heterocycles.